The summed E-state index contributed by atoms with van der Waals surface area (Å²) in [7, 11) is 3.26. The highest BCUT2D eigenvalue weighted by Gasteiger charge is 2.29. The monoisotopic (exact) mass is 287 g/mol. The summed E-state index contributed by atoms with van der Waals surface area (Å²) in [6.45, 7) is 0.476. The Morgan fingerprint density at radius 3 is 2.90 bits per heavy atom. The molecule has 1 aliphatic carbocycles. The summed E-state index contributed by atoms with van der Waals surface area (Å²) < 4.78 is 10.1. The second-order valence-electron chi connectivity index (χ2n) is 5.19. The summed E-state index contributed by atoms with van der Waals surface area (Å²) >= 11 is 0. The van der Waals surface area contributed by atoms with Crippen LogP contribution in [-0.4, -0.2) is 30.3 Å². The number of rotatable bonds is 5. The van der Waals surface area contributed by atoms with Crippen molar-refractivity contribution in [3.8, 4) is 0 Å². The Morgan fingerprint density at radius 2 is 2.19 bits per heavy atom. The molecule has 2 aromatic rings. The van der Waals surface area contributed by atoms with Crippen molar-refractivity contribution < 1.29 is 14.1 Å². The lowest BCUT2D eigenvalue weighted by molar-refractivity contribution is 0.0601. The minimum Gasteiger partial charge on any atom is -0.465 e. The van der Waals surface area contributed by atoms with Gasteiger partial charge in [-0.3, -0.25) is 0 Å². The molecule has 110 valence electrons. The second-order valence-corrected chi connectivity index (χ2v) is 5.19. The van der Waals surface area contributed by atoms with Crippen molar-refractivity contribution >= 4 is 11.7 Å². The number of ether oxygens (including phenoxy) is 1. The molecule has 0 saturated heterocycles. The molecule has 0 bridgehead atoms. The van der Waals surface area contributed by atoms with Crippen LogP contribution in [0.25, 0.3) is 0 Å². The highest BCUT2D eigenvalue weighted by atomic mass is 16.5. The summed E-state index contributed by atoms with van der Waals surface area (Å²) in [6, 6.07) is 7.30. The number of methoxy groups -OCH3 is 1. The maximum absolute atomic E-state index is 11.8. The zero-order valence-electron chi connectivity index (χ0n) is 12.1. The van der Waals surface area contributed by atoms with Crippen LogP contribution < -0.4 is 4.90 Å². The fraction of sp³-hybridized carbons (Fsp3) is 0.400. The number of para-hydroxylation sites is 1. The van der Waals surface area contributed by atoms with Gasteiger partial charge in [0.25, 0.3) is 0 Å². The Labute approximate surface area is 122 Å². The highest BCUT2D eigenvalue weighted by molar-refractivity contribution is 5.95. The van der Waals surface area contributed by atoms with Crippen molar-refractivity contribution in [2.75, 3.05) is 19.1 Å². The minimum absolute atomic E-state index is 0.357. The van der Waals surface area contributed by atoms with Gasteiger partial charge in [-0.05, 0) is 25.0 Å². The van der Waals surface area contributed by atoms with Gasteiger partial charge in [0.1, 0.15) is 0 Å². The minimum atomic E-state index is -0.357. The van der Waals surface area contributed by atoms with Gasteiger partial charge < -0.3 is 14.2 Å². The molecule has 0 radical (unpaired) electrons. The number of aromatic nitrogens is 2. The number of anilines is 1. The first-order valence-corrected chi connectivity index (χ1v) is 6.90. The summed E-state index contributed by atoms with van der Waals surface area (Å²) in [4.78, 5) is 18.1. The third-order valence-electron chi connectivity index (χ3n) is 3.51. The van der Waals surface area contributed by atoms with Crippen LogP contribution in [0.2, 0.25) is 0 Å². The predicted octanol–water partition coefficient (Wildman–Crippen LogP) is 2.37. The summed E-state index contributed by atoms with van der Waals surface area (Å²) in [5, 5.41) is 3.99. The van der Waals surface area contributed by atoms with E-state index in [2.05, 4.69) is 10.1 Å². The van der Waals surface area contributed by atoms with Crippen molar-refractivity contribution in [2.24, 2.45) is 0 Å². The van der Waals surface area contributed by atoms with Gasteiger partial charge in [-0.15, -0.1) is 0 Å². The SMILES string of the molecule is COC(=O)c1ccccc1N(C)Cc1noc(C2CC2)n1. The zero-order valence-corrected chi connectivity index (χ0v) is 12.1. The summed E-state index contributed by atoms with van der Waals surface area (Å²) in [5.74, 6) is 1.43. The smallest absolute Gasteiger partial charge is 0.339 e. The van der Waals surface area contributed by atoms with Gasteiger partial charge in [0, 0.05) is 13.0 Å². The van der Waals surface area contributed by atoms with Crippen molar-refractivity contribution in [1.29, 1.82) is 0 Å². The van der Waals surface area contributed by atoms with Gasteiger partial charge in [-0.1, -0.05) is 17.3 Å². The molecule has 21 heavy (non-hydrogen) atoms. The molecule has 1 aromatic carbocycles. The Hall–Kier alpha value is -2.37. The first kappa shape index (κ1) is 13.6. The van der Waals surface area contributed by atoms with Crippen LogP contribution in [0.4, 0.5) is 5.69 Å². The fourth-order valence-electron chi connectivity index (χ4n) is 2.21. The molecular weight excluding hydrogens is 270 g/mol. The maximum atomic E-state index is 11.8. The number of carbonyl (C=O) groups excluding carboxylic acids is 1. The highest BCUT2D eigenvalue weighted by Crippen LogP contribution is 2.38. The van der Waals surface area contributed by atoms with Crippen LogP contribution in [0.1, 0.15) is 40.8 Å². The second kappa shape index (κ2) is 5.55. The van der Waals surface area contributed by atoms with Crippen molar-refractivity contribution in [1.82, 2.24) is 10.1 Å². The lowest BCUT2D eigenvalue weighted by Crippen LogP contribution is -2.20. The average Bonchev–Trinajstić information content (AvgIpc) is 3.27. The molecular formula is C15H17N3O3. The third kappa shape index (κ3) is 2.89. The molecule has 1 fully saturated rings. The Balaban J connectivity index is 1.77. The molecule has 0 unspecified atom stereocenters. The van der Waals surface area contributed by atoms with Gasteiger partial charge in [0.15, 0.2) is 5.82 Å². The Bertz CT molecular complexity index is 649. The Morgan fingerprint density at radius 1 is 1.43 bits per heavy atom. The molecule has 0 aliphatic heterocycles. The molecule has 0 amide bonds. The summed E-state index contributed by atoms with van der Waals surface area (Å²) in [5.41, 5.74) is 1.30. The molecule has 1 saturated carbocycles. The predicted molar refractivity (Wildman–Crippen MR) is 76.2 cm³/mol. The van der Waals surface area contributed by atoms with E-state index in [0.717, 1.165) is 24.4 Å². The number of hydrogen-bond donors (Lipinski definition) is 0. The topological polar surface area (TPSA) is 68.5 Å². The molecule has 0 N–H and O–H groups in total. The van der Waals surface area contributed by atoms with E-state index in [1.807, 2.05) is 30.1 Å². The molecule has 3 rings (SSSR count). The first-order valence-electron chi connectivity index (χ1n) is 6.90. The summed E-state index contributed by atoms with van der Waals surface area (Å²) in [6.07, 6.45) is 2.26. The average molecular weight is 287 g/mol. The van der Waals surface area contributed by atoms with Crippen LogP contribution in [-0.2, 0) is 11.3 Å². The van der Waals surface area contributed by atoms with Crippen LogP contribution in [0.15, 0.2) is 28.8 Å². The lowest BCUT2D eigenvalue weighted by atomic mass is 10.1. The largest absolute Gasteiger partial charge is 0.465 e. The number of hydrogen-bond acceptors (Lipinski definition) is 6. The van der Waals surface area contributed by atoms with Crippen molar-refractivity contribution in [3.05, 3.63) is 41.5 Å². The number of carbonyl (C=O) groups is 1. The van der Waals surface area contributed by atoms with Crippen LogP contribution in [0, 0.1) is 0 Å². The standard InChI is InChI=1S/C15H17N3O3/c1-18(9-13-16-14(21-17-13)10-7-8-10)12-6-4-3-5-11(12)15(19)20-2/h3-6,10H,7-9H2,1-2H3. The van der Waals surface area contributed by atoms with E-state index in [0.29, 0.717) is 23.9 Å². The molecule has 0 spiro atoms. The van der Waals surface area contributed by atoms with Gasteiger partial charge in [-0.2, -0.15) is 4.98 Å². The Kier molecular flexibility index (Phi) is 3.60. The van der Waals surface area contributed by atoms with E-state index in [9.17, 15) is 4.79 Å². The van der Waals surface area contributed by atoms with Gasteiger partial charge >= 0.3 is 5.97 Å². The van der Waals surface area contributed by atoms with E-state index in [4.69, 9.17) is 9.26 Å². The third-order valence-corrected chi connectivity index (χ3v) is 3.51. The van der Waals surface area contributed by atoms with E-state index >= 15 is 0 Å². The quantitative estimate of drug-likeness (QED) is 0.786. The van der Waals surface area contributed by atoms with Crippen molar-refractivity contribution in [2.45, 2.75) is 25.3 Å². The van der Waals surface area contributed by atoms with Crippen LogP contribution in [0.5, 0.6) is 0 Å². The number of nitrogens with zero attached hydrogens (tertiary/aromatic N) is 3. The zero-order chi connectivity index (χ0) is 14.8. The number of benzene rings is 1. The van der Waals surface area contributed by atoms with Crippen LogP contribution in [0.3, 0.4) is 0 Å². The molecule has 6 heteroatoms. The molecule has 1 aliphatic rings. The molecule has 1 heterocycles. The van der Waals surface area contributed by atoms with E-state index in [-0.39, 0.29) is 5.97 Å². The van der Waals surface area contributed by atoms with E-state index < -0.39 is 0 Å². The van der Waals surface area contributed by atoms with Gasteiger partial charge in [0.2, 0.25) is 5.89 Å². The normalized spacial score (nSPS) is 14.0. The fourth-order valence-corrected chi connectivity index (χ4v) is 2.21. The molecule has 1 aromatic heterocycles. The maximum Gasteiger partial charge on any atom is 0.339 e. The lowest BCUT2D eigenvalue weighted by Gasteiger charge is -2.19. The van der Waals surface area contributed by atoms with Crippen LogP contribution >= 0.6 is 0 Å². The van der Waals surface area contributed by atoms with E-state index in [1.165, 1.54) is 7.11 Å². The molecule has 0 atom stereocenters. The van der Waals surface area contributed by atoms with Gasteiger partial charge in [-0.25, -0.2) is 4.79 Å². The number of esters is 1. The van der Waals surface area contributed by atoms with Crippen molar-refractivity contribution in [3.63, 3.8) is 0 Å². The van der Waals surface area contributed by atoms with Gasteiger partial charge in [0.05, 0.1) is 24.9 Å². The molecule has 6 nitrogen and oxygen atoms in total. The first-order chi connectivity index (χ1) is 10.2. The van der Waals surface area contributed by atoms with E-state index in [1.54, 1.807) is 6.07 Å².